The number of rotatable bonds is 12. The monoisotopic (exact) mass is 668 g/mol. The lowest BCUT2D eigenvalue weighted by atomic mass is 9.90. The molecule has 3 amide bonds. The van der Waals surface area contributed by atoms with Crippen LogP contribution in [-0.4, -0.2) is 79.4 Å². The number of carbonyl (C=O) groups excluding carboxylic acids is 3. The second kappa shape index (κ2) is 16.9. The highest BCUT2D eigenvalue weighted by molar-refractivity contribution is 6.20. The van der Waals surface area contributed by atoms with Gasteiger partial charge in [0.2, 0.25) is 11.8 Å². The van der Waals surface area contributed by atoms with Gasteiger partial charge in [-0.1, -0.05) is 0 Å². The first-order chi connectivity index (χ1) is 21.1. The number of aromatic nitrogens is 1. The predicted molar refractivity (Wildman–Crippen MR) is 184 cm³/mol. The Bertz CT molecular complexity index is 1530. The molecule has 2 aromatic carbocycles. The molecule has 0 radical (unpaired) electrons. The van der Waals surface area contributed by atoms with E-state index in [1.807, 2.05) is 37.3 Å². The van der Waals surface area contributed by atoms with E-state index < -0.39 is 5.41 Å². The molecule has 0 spiro atoms. The summed E-state index contributed by atoms with van der Waals surface area (Å²) in [6, 6.07) is 18.2. The van der Waals surface area contributed by atoms with Crippen molar-refractivity contribution in [3.63, 3.8) is 0 Å². The molecule has 0 aliphatic carbocycles. The highest BCUT2D eigenvalue weighted by Crippen LogP contribution is 2.40. The number of nitriles is 1. The molecule has 3 aromatic rings. The van der Waals surface area contributed by atoms with E-state index in [0.717, 1.165) is 18.5 Å². The van der Waals surface area contributed by atoms with Gasteiger partial charge in [-0.2, -0.15) is 5.26 Å². The first-order valence-corrected chi connectivity index (χ1v) is 14.8. The highest BCUT2D eigenvalue weighted by atomic mass is 35.5. The smallest absolute Gasteiger partial charge is 0.253 e. The highest BCUT2D eigenvalue weighted by Gasteiger charge is 2.45. The van der Waals surface area contributed by atoms with Crippen molar-refractivity contribution >= 4 is 53.9 Å². The molecule has 1 aliphatic rings. The number of hydrogen-bond acceptors (Lipinski definition) is 7. The maximum absolute atomic E-state index is 13.1. The van der Waals surface area contributed by atoms with Gasteiger partial charge in [0.1, 0.15) is 11.2 Å². The number of fused-ring (bicyclic) bond motifs is 1. The number of amides is 3. The third kappa shape index (κ3) is 8.75. The third-order valence-electron chi connectivity index (χ3n) is 7.94. The van der Waals surface area contributed by atoms with Crippen molar-refractivity contribution in [2.24, 2.45) is 5.41 Å². The number of benzene rings is 2. The lowest BCUT2D eigenvalue weighted by Gasteiger charge is -2.27. The van der Waals surface area contributed by atoms with Crippen molar-refractivity contribution in [1.29, 1.82) is 5.26 Å². The van der Waals surface area contributed by atoms with E-state index in [2.05, 4.69) is 16.0 Å². The van der Waals surface area contributed by atoms with Crippen molar-refractivity contribution in [3.8, 4) is 11.8 Å². The van der Waals surface area contributed by atoms with Crippen LogP contribution < -0.4 is 14.5 Å². The molecular formula is C34H42Cl2N6O4. The Balaban J connectivity index is 0.00000368. The SMILES string of the molecule is CCN1C(=O)C(C)(C)C(=O)N(C)c2cc(OCCCN(CCN(C)C(=O)c3ccc(C#N)cc3)Cc3ccncc3)ccc21.Cl.Cl. The number of anilines is 2. The number of ether oxygens (including phenoxy) is 1. The molecule has 0 atom stereocenters. The van der Waals surface area contributed by atoms with Crippen LogP contribution >= 0.6 is 24.8 Å². The van der Waals surface area contributed by atoms with E-state index in [9.17, 15) is 14.4 Å². The minimum atomic E-state index is -1.16. The zero-order chi connectivity index (χ0) is 31.9. The third-order valence-corrected chi connectivity index (χ3v) is 7.94. The number of likely N-dealkylation sites (N-methyl/N-ethyl adjacent to an activating group) is 1. The van der Waals surface area contributed by atoms with Crippen LogP contribution in [0.4, 0.5) is 11.4 Å². The molecule has 10 nitrogen and oxygen atoms in total. The van der Waals surface area contributed by atoms with Gasteiger partial charge in [0.15, 0.2) is 0 Å². The zero-order valence-electron chi connectivity index (χ0n) is 26.9. The first kappa shape index (κ1) is 38.0. The predicted octanol–water partition coefficient (Wildman–Crippen LogP) is 5.20. The second-order valence-corrected chi connectivity index (χ2v) is 11.4. The molecule has 2 heterocycles. The van der Waals surface area contributed by atoms with Gasteiger partial charge in [0, 0.05) is 70.8 Å². The molecule has 0 bridgehead atoms. The number of halogens is 2. The van der Waals surface area contributed by atoms with E-state index in [1.165, 1.54) is 0 Å². The molecule has 246 valence electrons. The van der Waals surface area contributed by atoms with Crippen LogP contribution in [-0.2, 0) is 16.1 Å². The summed E-state index contributed by atoms with van der Waals surface area (Å²) >= 11 is 0. The standard InChI is InChI=1S/C34H40N6O4.2ClH/c1-6-40-29-13-12-28(22-30(29)38(5)32(42)34(2,3)33(40)43)44-21-7-18-39(24-26-14-16-36-17-15-26)20-19-37(4)31(41)27-10-8-25(23-35)9-11-27;;/h8-17,22H,6-7,18-21,24H2,1-5H3;2*1H. The molecule has 0 fully saturated rings. The van der Waals surface area contributed by atoms with E-state index >= 15 is 0 Å². The Hall–Kier alpha value is -4.17. The van der Waals surface area contributed by atoms with Crippen molar-refractivity contribution in [1.82, 2.24) is 14.8 Å². The number of pyridine rings is 1. The summed E-state index contributed by atoms with van der Waals surface area (Å²) in [6.07, 6.45) is 4.27. The maximum Gasteiger partial charge on any atom is 0.253 e. The molecule has 1 aromatic heterocycles. The summed E-state index contributed by atoms with van der Waals surface area (Å²) < 4.78 is 6.12. The summed E-state index contributed by atoms with van der Waals surface area (Å²) in [5.74, 6) is 0.0501. The van der Waals surface area contributed by atoms with Crippen LogP contribution in [0.25, 0.3) is 0 Å². The topological polar surface area (TPSA) is 110 Å². The minimum Gasteiger partial charge on any atom is -0.493 e. The van der Waals surface area contributed by atoms with E-state index in [-0.39, 0.29) is 42.5 Å². The average Bonchev–Trinajstić information content (AvgIpc) is 3.09. The largest absolute Gasteiger partial charge is 0.493 e. The molecule has 0 N–H and O–H groups in total. The summed E-state index contributed by atoms with van der Waals surface area (Å²) in [5.41, 5.74) is 2.35. The summed E-state index contributed by atoms with van der Waals surface area (Å²) in [6.45, 7) is 8.75. The number of hydrogen-bond donors (Lipinski definition) is 0. The Morgan fingerprint density at radius 3 is 2.26 bits per heavy atom. The van der Waals surface area contributed by atoms with Crippen LogP contribution in [0.15, 0.2) is 67.0 Å². The van der Waals surface area contributed by atoms with Crippen LogP contribution in [0.2, 0.25) is 0 Å². The zero-order valence-corrected chi connectivity index (χ0v) is 28.6. The Morgan fingerprint density at radius 2 is 1.63 bits per heavy atom. The number of nitrogens with zero attached hydrogens (tertiary/aromatic N) is 6. The lowest BCUT2D eigenvalue weighted by molar-refractivity contribution is -0.137. The van der Waals surface area contributed by atoms with Gasteiger partial charge in [0.25, 0.3) is 5.91 Å². The van der Waals surface area contributed by atoms with Gasteiger partial charge in [-0.05, 0) is 81.3 Å². The fourth-order valence-electron chi connectivity index (χ4n) is 5.27. The van der Waals surface area contributed by atoms with Gasteiger partial charge in [-0.15, -0.1) is 24.8 Å². The van der Waals surface area contributed by atoms with Gasteiger partial charge in [-0.3, -0.25) is 24.3 Å². The van der Waals surface area contributed by atoms with E-state index in [0.29, 0.717) is 61.0 Å². The van der Waals surface area contributed by atoms with Crippen LogP contribution in [0.5, 0.6) is 5.75 Å². The molecule has 1 aliphatic heterocycles. The Morgan fingerprint density at radius 1 is 0.957 bits per heavy atom. The van der Waals surface area contributed by atoms with Crippen molar-refractivity contribution in [2.75, 3.05) is 56.7 Å². The molecule has 0 saturated carbocycles. The van der Waals surface area contributed by atoms with Crippen molar-refractivity contribution in [3.05, 3.63) is 83.7 Å². The van der Waals surface area contributed by atoms with Gasteiger partial charge in [0.05, 0.1) is 29.6 Å². The van der Waals surface area contributed by atoms with Crippen LogP contribution in [0.3, 0.4) is 0 Å². The van der Waals surface area contributed by atoms with Gasteiger partial charge < -0.3 is 19.4 Å². The molecular weight excluding hydrogens is 627 g/mol. The quantitative estimate of drug-likeness (QED) is 0.193. The lowest BCUT2D eigenvalue weighted by Crippen LogP contribution is -2.47. The summed E-state index contributed by atoms with van der Waals surface area (Å²) in [5, 5.41) is 9.03. The first-order valence-electron chi connectivity index (χ1n) is 14.8. The fourth-order valence-corrected chi connectivity index (χ4v) is 5.27. The fraction of sp³-hybridized carbons (Fsp3) is 0.382. The maximum atomic E-state index is 13.1. The molecule has 0 saturated heterocycles. The van der Waals surface area contributed by atoms with Gasteiger partial charge in [-0.25, -0.2) is 0 Å². The normalized spacial score (nSPS) is 13.6. The van der Waals surface area contributed by atoms with Crippen molar-refractivity contribution < 1.29 is 19.1 Å². The van der Waals surface area contributed by atoms with Gasteiger partial charge >= 0.3 is 0 Å². The average molecular weight is 670 g/mol. The van der Waals surface area contributed by atoms with E-state index in [1.54, 1.807) is 79.3 Å². The molecule has 46 heavy (non-hydrogen) atoms. The molecule has 12 heteroatoms. The Kier molecular flexibility index (Phi) is 14.0. The second-order valence-electron chi connectivity index (χ2n) is 11.4. The molecule has 0 unspecified atom stereocenters. The van der Waals surface area contributed by atoms with Crippen LogP contribution in [0.1, 0.15) is 48.7 Å². The Labute approximate surface area is 283 Å². The minimum absolute atomic E-state index is 0. The van der Waals surface area contributed by atoms with E-state index in [4.69, 9.17) is 10.00 Å². The van der Waals surface area contributed by atoms with Crippen molar-refractivity contribution in [2.45, 2.75) is 33.7 Å². The number of carbonyl (C=O) groups is 3. The summed E-state index contributed by atoms with van der Waals surface area (Å²) in [7, 11) is 3.47. The summed E-state index contributed by atoms with van der Waals surface area (Å²) in [4.78, 5) is 50.5. The van der Waals surface area contributed by atoms with Crippen LogP contribution in [0, 0.1) is 16.7 Å². The molecule has 4 rings (SSSR count).